The fourth-order valence-corrected chi connectivity index (χ4v) is 2.21. The third-order valence-electron chi connectivity index (χ3n) is 3.25. The molecule has 4 heteroatoms. The molecule has 0 radical (unpaired) electrons. The number of anilines is 2. The number of rotatable bonds is 2. The maximum atomic E-state index is 12.2. The van der Waals surface area contributed by atoms with Gasteiger partial charge in [-0.3, -0.25) is 4.79 Å². The van der Waals surface area contributed by atoms with Crippen molar-refractivity contribution in [1.29, 1.82) is 0 Å². The lowest BCUT2D eigenvalue weighted by Crippen LogP contribution is -2.33. The molecule has 2 aromatic rings. The van der Waals surface area contributed by atoms with Crippen molar-refractivity contribution >= 4 is 17.4 Å². The second-order valence-corrected chi connectivity index (χ2v) is 4.77. The van der Waals surface area contributed by atoms with Crippen molar-refractivity contribution in [2.75, 3.05) is 10.6 Å². The Hall–Kier alpha value is -2.36. The molecule has 3 rings (SSSR count). The summed E-state index contributed by atoms with van der Waals surface area (Å²) >= 11 is 0. The van der Waals surface area contributed by atoms with Crippen molar-refractivity contribution < 1.29 is 4.79 Å². The molecule has 96 valence electrons. The van der Waals surface area contributed by atoms with E-state index in [1.54, 1.807) is 6.20 Å². The van der Waals surface area contributed by atoms with Crippen molar-refractivity contribution in [2.45, 2.75) is 19.4 Å². The molecular formula is C15H15N3O. The summed E-state index contributed by atoms with van der Waals surface area (Å²) in [6.45, 7) is 1.97. The van der Waals surface area contributed by atoms with Gasteiger partial charge in [0, 0.05) is 18.3 Å². The number of nitrogens with one attached hydrogen (secondary N) is 2. The number of carbonyl (C=O) groups excluding carboxylic acids is 1. The molecule has 0 saturated heterocycles. The van der Waals surface area contributed by atoms with Crippen molar-refractivity contribution in [3.63, 3.8) is 0 Å². The molecule has 1 aromatic heterocycles. The summed E-state index contributed by atoms with van der Waals surface area (Å²) in [5, 5.41) is 6.06. The SMILES string of the molecule is Cc1ccc(NC(=O)C2Cc3ccccc3N2)nc1. The van der Waals surface area contributed by atoms with Gasteiger partial charge in [0.1, 0.15) is 11.9 Å². The molecule has 0 fully saturated rings. The summed E-state index contributed by atoms with van der Waals surface area (Å²) in [6.07, 6.45) is 2.46. The van der Waals surface area contributed by atoms with Gasteiger partial charge in [0.05, 0.1) is 0 Å². The molecule has 0 bridgehead atoms. The van der Waals surface area contributed by atoms with Gasteiger partial charge in [0.2, 0.25) is 5.91 Å². The number of hydrogen-bond donors (Lipinski definition) is 2. The van der Waals surface area contributed by atoms with Crippen LogP contribution in [-0.4, -0.2) is 16.9 Å². The Kier molecular flexibility index (Phi) is 2.91. The standard InChI is InChI=1S/C15H15N3O/c1-10-6-7-14(16-9-10)18-15(19)13-8-11-4-2-3-5-12(11)17-13/h2-7,9,13,17H,8H2,1H3,(H,16,18,19). The van der Waals surface area contributed by atoms with Gasteiger partial charge in [-0.15, -0.1) is 0 Å². The molecule has 2 N–H and O–H groups in total. The van der Waals surface area contributed by atoms with E-state index in [9.17, 15) is 4.79 Å². The quantitative estimate of drug-likeness (QED) is 0.864. The van der Waals surface area contributed by atoms with Gasteiger partial charge in [-0.05, 0) is 30.2 Å². The Morgan fingerprint density at radius 3 is 2.89 bits per heavy atom. The average Bonchev–Trinajstić information content (AvgIpc) is 2.85. The summed E-state index contributed by atoms with van der Waals surface area (Å²) in [6, 6.07) is 11.5. The molecule has 1 aliphatic rings. The third kappa shape index (κ3) is 2.42. The van der Waals surface area contributed by atoms with Crippen LogP contribution in [0.25, 0.3) is 0 Å². The molecule has 0 aliphatic carbocycles. The van der Waals surface area contributed by atoms with Crippen LogP contribution >= 0.6 is 0 Å². The Balaban J connectivity index is 1.68. The topological polar surface area (TPSA) is 54.0 Å². The van der Waals surface area contributed by atoms with Crippen molar-refractivity contribution in [1.82, 2.24) is 4.98 Å². The van der Waals surface area contributed by atoms with E-state index in [0.717, 1.165) is 11.3 Å². The highest BCUT2D eigenvalue weighted by Crippen LogP contribution is 2.25. The summed E-state index contributed by atoms with van der Waals surface area (Å²) in [5.41, 5.74) is 3.29. The number of benzene rings is 1. The van der Waals surface area contributed by atoms with E-state index >= 15 is 0 Å². The van der Waals surface area contributed by atoms with E-state index in [1.807, 2.05) is 43.3 Å². The molecule has 19 heavy (non-hydrogen) atoms. The first-order valence-electron chi connectivity index (χ1n) is 6.30. The number of hydrogen-bond acceptors (Lipinski definition) is 3. The summed E-state index contributed by atoms with van der Waals surface area (Å²) in [5.74, 6) is 0.543. The first kappa shape index (κ1) is 11.7. The number of aromatic nitrogens is 1. The van der Waals surface area contributed by atoms with Crippen LogP contribution in [0.3, 0.4) is 0 Å². The molecule has 1 atom stereocenters. The number of amides is 1. The van der Waals surface area contributed by atoms with Crippen molar-refractivity contribution in [3.05, 3.63) is 53.7 Å². The van der Waals surface area contributed by atoms with Crippen LogP contribution in [0.2, 0.25) is 0 Å². The Bertz CT molecular complexity index is 582. The van der Waals surface area contributed by atoms with Crippen LogP contribution < -0.4 is 10.6 Å². The van der Waals surface area contributed by atoms with E-state index in [4.69, 9.17) is 0 Å². The third-order valence-corrected chi connectivity index (χ3v) is 3.25. The van der Waals surface area contributed by atoms with Crippen LogP contribution in [0.15, 0.2) is 42.6 Å². The number of fused-ring (bicyclic) bond motifs is 1. The van der Waals surface area contributed by atoms with Crippen LogP contribution in [0, 0.1) is 6.92 Å². The van der Waals surface area contributed by atoms with E-state index in [2.05, 4.69) is 15.6 Å². The molecule has 1 unspecified atom stereocenters. The van der Waals surface area contributed by atoms with Crippen LogP contribution in [0.1, 0.15) is 11.1 Å². The van der Waals surface area contributed by atoms with E-state index in [-0.39, 0.29) is 11.9 Å². The number of aryl methyl sites for hydroxylation is 1. The molecule has 0 saturated carbocycles. The molecular weight excluding hydrogens is 238 g/mol. The minimum atomic E-state index is -0.222. The first-order valence-corrected chi connectivity index (χ1v) is 6.30. The van der Waals surface area contributed by atoms with Crippen LogP contribution in [0.4, 0.5) is 11.5 Å². The monoisotopic (exact) mass is 253 g/mol. The zero-order valence-electron chi connectivity index (χ0n) is 10.7. The normalized spacial score (nSPS) is 16.6. The minimum absolute atomic E-state index is 0.0486. The van der Waals surface area contributed by atoms with Gasteiger partial charge < -0.3 is 10.6 Å². The predicted molar refractivity (Wildman–Crippen MR) is 75.2 cm³/mol. The Morgan fingerprint density at radius 2 is 2.16 bits per heavy atom. The van der Waals surface area contributed by atoms with Gasteiger partial charge in [0.25, 0.3) is 0 Å². The van der Waals surface area contributed by atoms with Crippen LogP contribution in [-0.2, 0) is 11.2 Å². The van der Waals surface area contributed by atoms with Crippen LogP contribution in [0.5, 0.6) is 0 Å². The fraction of sp³-hybridized carbons (Fsp3) is 0.200. The van der Waals surface area contributed by atoms with Crippen molar-refractivity contribution in [2.24, 2.45) is 0 Å². The van der Waals surface area contributed by atoms with Gasteiger partial charge in [-0.1, -0.05) is 24.3 Å². The molecule has 1 aliphatic heterocycles. The zero-order chi connectivity index (χ0) is 13.2. The number of para-hydroxylation sites is 1. The minimum Gasteiger partial charge on any atom is -0.373 e. The lowest BCUT2D eigenvalue weighted by molar-refractivity contribution is -0.116. The largest absolute Gasteiger partial charge is 0.373 e. The van der Waals surface area contributed by atoms with Crippen molar-refractivity contribution in [3.8, 4) is 0 Å². The maximum Gasteiger partial charge on any atom is 0.248 e. The van der Waals surface area contributed by atoms with Gasteiger partial charge in [-0.2, -0.15) is 0 Å². The maximum absolute atomic E-state index is 12.2. The Morgan fingerprint density at radius 1 is 1.32 bits per heavy atom. The van der Waals surface area contributed by atoms with Gasteiger partial charge in [-0.25, -0.2) is 4.98 Å². The lowest BCUT2D eigenvalue weighted by Gasteiger charge is -2.11. The second kappa shape index (κ2) is 4.72. The van der Waals surface area contributed by atoms with E-state index in [1.165, 1.54) is 5.56 Å². The highest BCUT2D eigenvalue weighted by atomic mass is 16.2. The first-order chi connectivity index (χ1) is 9.22. The van der Waals surface area contributed by atoms with Gasteiger partial charge >= 0.3 is 0 Å². The van der Waals surface area contributed by atoms with E-state index < -0.39 is 0 Å². The second-order valence-electron chi connectivity index (χ2n) is 4.77. The molecule has 4 nitrogen and oxygen atoms in total. The van der Waals surface area contributed by atoms with E-state index in [0.29, 0.717) is 12.2 Å². The fourth-order valence-electron chi connectivity index (χ4n) is 2.21. The van der Waals surface area contributed by atoms with Gasteiger partial charge in [0.15, 0.2) is 0 Å². The Labute approximate surface area is 111 Å². The highest BCUT2D eigenvalue weighted by Gasteiger charge is 2.26. The predicted octanol–water partition coefficient (Wildman–Crippen LogP) is 2.37. The summed E-state index contributed by atoms with van der Waals surface area (Å²) < 4.78 is 0. The smallest absolute Gasteiger partial charge is 0.248 e. The average molecular weight is 253 g/mol. The zero-order valence-corrected chi connectivity index (χ0v) is 10.7. The molecule has 1 amide bonds. The number of carbonyl (C=O) groups is 1. The molecule has 2 heterocycles. The summed E-state index contributed by atoms with van der Waals surface area (Å²) in [7, 11) is 0. The lowest BCUT2D eigenvalue weighted by atomic mass is 10.1. The summed E-state index contributed by atoms with van der Waals surface area (Å²) in [4.78, 5) is 16.3. The number of pyridine rings is 1. The highest BCUT2D eigenvalue weighted by molar-refractivity contribution is 5.97. The number of nitrogens with zero attached hydrogens (tertiary/aromatic N) is 1. The molecule has 1 aromatic carbocycles. The molecule has 0 spiro atoms.